The number of alkyl halides is 2. The molecule has 3 aromatic rings. The van der Waals surface area contributed by atoms with E-state index in [9.17, 15) is 27.2 Å². The fourth-order valence-electron chi connectivity index (χ4n) is 3.15. The molecule has 8 nitrogen and oxygen atoms in total. The molecule has 0 aliphatic carbocycles. The molecule has 0 saturated heterocycles. The van der Waals surface area contributed by atoms with Crippen LogP contribution in [0.15, 0.2) is 36.5 Å². The Morgan fingerprint density at radius 1 is 1.17 bits per heavy atom. The van der Waals surface area contributed by atoms with Crippen LogP contribution in [0.1, 0.15) is 27.4 Å². The van der Waals surface area contributed by atoms with Crippen LogP contribution in [0.5, 0.6) is 5.75 Å². The molecular formula is C22H20ClF4N5O3. The van der Waals surface area contributed by atoms with E-state index in [4.69, 9.17) is 17.3 Å². The number of imidazole rings is 1. The van der Waals surface area contributed by atoms with Crippen LogP contribution in [0, 0.1) is 11.6 Å². The van der Waals surface area contributed by atoms with Gasteiger partial charge >= 0.3 is 6.61 Å². The SMILES string of the molecule is Cn1c(-c2ccc(OC(F)F)c(F)c2F)cnc1C(=O)Nc1ccc(C(=O)NCCCN)c(Cl)c1. The smallest absolute Gasteiger partial charge is 0.387 e. The summed E-state index contributed by atoms with van der Waals surface area (Å²) < 4.78 is 58.4. The lowest BCUT2D eigenvalue weighted by Crippen LogP contribution is -2.26. The van der Waals surface area contributed by atoms with Gasteiger partial charge in [0.1, 0.15) is 0 Å². The first kappa shape index (κ1) is 26.0. The maximum atomic E-state index is 14.5. The zero-order chi connectivity index (χ0) is 25.7. The van der Waals surface area contributed by atoms with Gasteiger partial charge in [-0.1, -0.05) is 11.6 Å². The van der Waals surface area contributed by atoms with Crippen molar-refractivity contribution in [3.8, 4) is 17.0 Å². The van der Waals surface area contributed by atoms with Crippen molar-refractivity contribution in [2.75, 3.05) is 18.4 Å². The minimum absolute atomic E-state index is 0.0117. The molecule has 0 bridgehead atoms. The number of benzene rings is 2. The molecule has 0 aliphatic heterocycles. The van der Waals surface area contributed by atoms with Crippen LogP contribution in [0.2, 0.25) is 5.02 Å². The van der Waals surface area contributed by atoms with E-state index in [1.165, 1.54) is 29.8 Å². The molecule has 2 aromatic carbocycles. The van der Waals surface area contributed by atoms with Gasteiger partial charge in [0.05, 0.1) is 22.5 Å². The first-order valence-electron chi connectivity index (χ1n) is 10.2. The van der Waals surface area contributed by atoms with E-state index in [2.05, 4.69) is 20.4 Å². The molecule has 0 radical (unpaired) electrons. The predicted molar refractivity (Wildman–Crippen MR) is 121 cm³/mol. The molecule has 0 saturated carbocycles. The largest absolute Gasteiger partial charge is 0.432 e. The molecule has 186 valence electrons. The molecule has 0 spiro atoms. The van der Waals surface area contributed by atoms with Crippen molar-refractivity contribution in [1.82, 2.24) is 14.9 Å². The van der Waals surface area contributed by atoms with Gasteiger partial charge in [-0.25, -0.2) is 9.37 Å². The molecule has 4 N–H and O–H groups in total. The number of amides is 2. The molecule has 0 atom stereocenters. The number of anilines is 1. The standard InChI is InChI=1S/C22H20ClF4N5O3/c1-32-15(13-5-6-16(35-22(26)27)18(25)17(13)24)10-30-19(32)21(34)31-11-3-4-12(14(23)9-11)20(33)29-8-2-7-28/h3-6,9-10,22H,2,7-8,28H2,1H3,(H,29,33)(H,31,34). The quantitative estimate of drug-likeness (QED) is 0.296. The molecule has 2 amide bonds. The van der Waals surface area contributed by atoms with Crippen molar-refractivity contribution in [1.29, 1.82) is 0 Å². The Morgan fingerprint density at radius 3 is 2.57 bits per heavy atom. The fourth-order valence-corrected chi connectivity index (χ4v) is 3.42. The Labute approximate surface area is 202 Å². The molecular weight excluding hydrogens is 494 g/mol. The average Bonchev–Trinajstić information content (AvgIpc) is 3.18. The maximum absolute atomic E-state index is 14.5. The second-order valence-electron chi connectivity index (χ2n) is 7.19. The predicted octanol–water partition coefficient (Wildman–Crippen LogP) is 3.95. The van der Waals surface area contributed by atoms with Crippen LogP contribution in [-0.4, -0.2) is 41.1 Å². The third kappa shape index (κ3) is 5.89. The molecule has 0 aliphatic rings. The minimum Gasteiger partial charge on any atom is -0.432 e. The van der Waals surface area contributed by atoms with E-state index >= 15 is 0 Å². The van der Waals surface area contributed by atoms with Crippen LogP contribution in [-0.2, 0) is 7.05 Å². The second-order valence-corrected chi connectivity index (χ2v) is 7.60. The number of nitrogens with zero attached hydrogens (tertiary/aromatic N) is 2. The highest BCUT2D eigenvalue weighted by Gasteiger charge is 2.23. The lowest BCUT2D eigenvalue weighted by molar-refractivity contribution is -0.0525. The van der Waals surface area contributed by atoms with Crippen molar-refractivity contribution in [2.45, 2.75) is 13.0 Å². The third-order valence-corrected chi connectivity index (χ3v) is 5.18. The summed E-state index contributed by atoms with van der Waals surface area (Å²) in [5.41, 5.74) is 5.55. The Kier molecular flexibility index (Phi) is 8.30. The molecule has 1 heterocycles. The van der Waals surface area contributed by atoms with Crippen LogP contribution in [0.25, 0.3) is 11.3 Å². The summed E-state index contributed by atoms with van der Waals surface area (Å²) >= 11 is 6.17. The van der Waals surface area contributed by atoms with Crippen molar-refractivity contribution in [2.24, 2.45) is 12.8 Å². The van der Waals surface area contributed by atoms with E-state index in [0.717, 1.165) is 18.3 Å². The van der Waals surface area contributed by atoms with Crippen molar-refractivity contribution >= 4 is 29.1 Å². The highest BCUT2D eigenvalue weighted by molar-refractivity contribution is 6.34. The number of nitrogens with two attached hydrogens (primary N) is 1. The first-order valence-corrected chi connectivity index (χ1v) is 10.6. The summed E-state index contributed by atoms with van der Waals surface area (Å²) in [4.78, 5) is 28.8. The van der Waals surface area contributed by atoms with Gasteiger partial charge in [-0.15, -0.1) is 0 Å². The van der Waals surface area contributed by atoms with Crippen LogP contribution in [0.4, 0.5) is 23.2 Å². The fraction of sp³-hybridized carbons (Fsp3) is 0.227. The van der Waals surface area contributed by atoms with Gasteiger partial charge in [0.25, 0.3) is 11.8 Å². The van der Waals surface area contributed by atoms with Gasteiger partial charge in [0.2, 0.25) is 5.82 Å². The Hall–Kier alpha value is -3.64. The zero-order valence-corrected chi connectivity index (χ0v) is 19.0. The third-order valence-electron chi connectivity index (χ3n) is 4.87. The molecule has 13 heteroatoms. The topological polar surface area (TPSA) is 111 Å². The van der Waals surface area contributed by atoms with Gasteiger partial charge in [-0.3, -0.25) is 9.59 Å². The summed E-state index contributed by atoms with van der Waals surface area (Å²) in [6.45, 7) is -2.51. The molecule has 0 fully saturated rings. The van der Waals surface area contributed by atoms with E-state index in [0.29, 0.717) is 19.5 Å². The highest BCUT2D eigenvalue weighted by atomic mass is 35.5. The van der Waals surface area contributed by atoms with Crippen molar-refractivity contribution in [3.05, 3.63) is 64.6 Å². The van der Waals surface area contributed by atoms with E-state index < -0.39 is 35.8 Å². The summed E-state index contributed by atoms with van der Waals surface area (Å²) in [6.07, 6.45) is 1.73. The molecule has 3 rings (SSSR count). The van der Waals surface area contributed by atoms with E-state index in [1.807, 2.05) is 0 Å². The Morgan fingerprint density at radius 2 is 1.91 bits per heavy atom. The Balaban J connectivity index is 1.78. The molecule has 1 aromatic heterocycles. The van der Waals surface area contributed by atoms with Gasteiger partial charge in [0.15, 0.2) is 17.4 Å². The lowest BCUT2D eigenvalue weighted by atomic mass is 10.1. The van der Waals surface area contributed by atoms with Crippen LogP contribution in [0.3, 0.4) is 0 Å². The number of rotatable bonds is 9. The first-order chi connectivity index (χ1) is 16.6. The van der Waals surface area contributed by atoms with Crippen molar-refractivity contribution in [3.63, 3.8) is 0 Å². The monoisotopic (exact) mass is 513 g/mol. The minimum atomic E-state index is -3.32. The summed E-state index contributed by atoms with van der Waals surface area (Å²) in [7, 11) is 1.39. The maximum Gasteiger partial charge on any atom is 0.387 e. The van der Waals surface area contributed by atoms with Gasteiger partial charge in [-0.2, -0.15) is 13.2 Å². The van der Waals surface area contributed by atoms with Gasteiger partial charge in [0, 0.05) is 24.8 Å². The van der Waals surface area contributed by atoms with Gasteiger partial charge in [-0.05, 0) is 43.3 Å². The highest BCUT2D eigenvalue weighted by Crippen LogP contribution is 2.31. The van der Waals surface area contributed by atoms with Crippen molar-refractivity contribution < 1.29 is 31.9 Å². The number of halogens is 5. The number of hydrogen-bond donors (Lipinski definition) is 3. The van der Waals surface area contributed by atoms with Gasteiger partial charge < -0.3 is 25.7 Å². The normalized spacial score (nSPS) is 11.0. The van der Waals surface area contributed by atoms with Crippen LogP contribution >= 0.6 is 11.6 Å². The number of carbonyl (C=O) groups excluding carboxylic acids is 2. The van der Waals surface area contributed by atoms with Crippen LogP contribution < -0.4 is 21.1 Å². The second kappa shape index (κ2) is 11.2. The number of aromatic nitrogens is 2. The Bertz CT molecular complexity index is 1250. The summed E-state index contributed by atoms with van der Waals surface area (Å²) in [5, 5.41) is 5.32. The zero-order valence-electron chi connectivity index (χ0n) is 18.2. The number of carbonyl (C=O) groups is 2. The number of nitrogens with one attached hydrogen (secondary N) is 2. The van der Waals surface area contributed by atoms with E-state index in [-0.39, 0.29) is 33.4 Å². The molecule has 0 unspecified atom stereocenters. The number of hydrogen-bond acceptors (Lipinski definition) is 5. The average molecular weight is 514 g/mol. The lowest BCUT2D eigenvalue weighted by Gasteiger charge is -2.11. The molecule has 35 heavy (non-hydrogen) atoms. The number of ether oxygens (including phenoxy) is 1. The summed E-state index contributed by atoms with van der Waals surface area (Å²) in [6, 6.07) is 6.15. The van der Waals surface area contributed by atoms with E-state index in [1.54, 1.807) is 0 Å². The summed E-state index contributed by atoms with van der Waals surface area (Å²) in [5.74, 6) is -5.24.